The Morgan fingerprint density at radius 1 is 1.62 bits per heavy atom. The Kier molecular flexibility index (Phi) is 4.55. The molecule has 16 heavy (non-hydrogen) atoms. The monoisotopic (exact) mass is 242 g/mol. The van der Waals surface area contributed by atoms with E-state index in [0.717, 1.165) is 5.69 Å². The van der Waals surface area contributed by atoms with Gasteiger partial charge in [-0.1, -0.05) is 17.7 Å². The lowest BCUT2D eigenvalue weighted by Crippen LogP contribution is -2.15. The van der Waals surface area contributed by atoms with Gasteiger partial charge in [0.2, 0.25) is 0 Å². The number of hydrogen-bond donors (Lipinski definition) is 0. The molecule has 0 saturated carbocycles. The number of halogens is 1. The molecule has 0 aliphatic heterocycles. The van der Waals surface area contributed by atoms with Crippen LogP contribution in [0.1, 0.15) is 25.2 Å². The minimum atomic E-state index is -0.309. The zero-order valence-corrected chi connectivity index (χ0v) is 10.4. The van der Waals surface area contributed by atoms with E-state index in [9.17, 15) is 4.79 Å². The predicted octanol–water partition coefficient (Wildman–Crippen LogP) is 2.44. The summed E-state index contributed by atoms with van der Waals surface area (Å²) in [5.41, 5.74) is 1.44. The Hall–Kier alpha value is -1.29. The van der Waals surface area contributed by atoms with E-state index in [0.29, 0.717) is 17.3 Å². The van der Waals surface area contributed by atoms with Gasteiger partial charge in [-0.25, -0.2) is 0 Å². The maximum atomic E-state index is 11.3. The molecule has 0 fully saturated rings. The standard InChI is InChI=1S/C11H15ClN2O2/c1-4-6-9-11(12)8(3)14(13-9)7-10(15)16-5-2/h4,6H,5,7H2,1-3H3/b6-4+. The molecule has 1 rings (SSSR count). The lowest BCUT2D eigenvalue weighted by molar-refractivity contribution is -0.144. The van der Waals surface area contributed by atoms with Gasteiger partial charge >= 0.3 is 5.97 Å². The lowest BCUT2D eigenvalue weighted by atomic mass is 10.3. The molecule has 0 aliphatic carbocycles. The van der Waals surface area contributed by atoms with Crippen LogP contribution in [0.15, 0.2) is 6.08 Å². The van der Waals surface area contributed by atoms with Crippen LogP contribution in [0.5, 0.6) is 0 Å². The fourth-order valence-corrected chi connectivity index (χ4v) is 1.49. The van der Waals surface area contributed by atoms with Crippen LogP contribution in [0.3, 0.4) is 0 Å². The van der Waals surface area contributed by atoms with Crippen molar-refractivity contribution in [2.24, 2.45) is 0 Å². The van der Waals surface area contributed by atoms with E-state index in [4.69, 9.17) is 16.3 Å². The van der Waals surface area contributed by atoms with Crippen molar-refractivity contribution in [2.75, 3.05) is 6.61 Å². The maximum Gasteiger partial charge on any atom is 0.327 e. The molecule has 4 nitrogen and oxygen atoms in total. The highest BCUT2D eigenvalue weighted by molar-refractivity contribution is 6.32. The number of ether oxygens (including phenoxy) is 1. The topological polar surface area (TPSA) is 44.1 Å². The second-order valence-electron chi connectivity index (χ2n) is 3.25. The lowest BCUT2D eigenvalue weighted by Gasteiger charge is -2.03. The van der Waals surface area contributed by atoms with Gasteiger partial charge < -0.3 is 4.74 Å². The molecule has 0 spiro atoms. The summed E-state index contributed by atoms with van der Waals surface area (Å²) in [6.07, 6.45) is 3.65. The zero-order valence-electron chi connectivity index (χ0n) is 9.66. The van der Waals surface area contributed by atoms with Crippen LogP contribution < -0.4 is 0 Å². The third-order valence-electron chi connectivity index (χ3n) is 2.07. The summed E-state index contributed by atoms with van der Waals surface area (Å²) >= 11 is 6.07. The molecule has 0 amide bonds. The van der Waals surface area contributed by atoms with Crippen molar-refractivity contribution in [3.63, 3.8) is 0 Å². The van der Waals surface area contributed by atoms with E-state index in [-0.39, 0.29) is 12.5 Å². The third kappa shape index (κ3) is 2.85. The molecule has 1 heterocycles. The SMILES string of the molecule is C/C=C/c1nn(CC(=O)OCC)c(C)c1Cl. The molecular weight excluding hydrogens is 228 g/mol. The Labute approximate surface area is 99.8 Å². The first kappa shape index (κ1) is 12.8. The van der Waals surface area contributed by atoms with Gasteiger partial charge in [-0.2, -0.15) is 5.10 Å². The van der Waals surface area contributed by atoms with E-state index in [1.54, 1.807) is 17.7 Å². The largest absolute Gasteiger partial charge is 0.465 e. The van der Waals surface area contributed by atoms with Gasteiger partial charge in [-0.15, -0.1) is 0 Å². The van der Waals surface area contributed by atoms with E-state index >= 15 is 0 Å². The van der Waals surface area contributed by atoms with Gasteiger partial charge in [-0.05, 0) is 26.8 Å². The van der Waals surface area contributed by atoms with Crippen molar-refractivity contribution in [1.29, 1.82) is 0 Å². The van der Waals surface area contributed by atoms with E-state index < -0.39 is 0 Å². The molecule has 0 bridgehead atoms. The average Bonchev–Trinajstić information content (AvgIpc) is 2.48. The molecule has 88 valence electrons. The van der Waals surface area contributed by atoms with Crippen LogP contribution >= 0.6 is 11.6 Å². The Morgan fingerprint density at radius 3 is 2.88 bits per heavy atom. The number of aromatic nitrogens is 2. The summed E-state index contributed by atoms with van der Waals surface area (Å²) in [6, 6.07) is 0. The molecule has 1 aromatic rings. The fraction of sp³-hybridized carbons (Fsp3) is 0.455. The van der Waals surface area contributed by atoms with Gasteiger partial charge in [0.05, 0.1) is 17.3 Å². The first-order valence-electron chi connectivity index (χ1n) is 5.11. The number of carbonyl (C=O) groups is 1. The van der Waals surface area contributed by atoms with Crippen LogP contribution in [0.4, 0.5) is 0 Å². The van der Waals surface area contributed by atoms with Gasteiger partial charge in [0.15, 0.2) is 0 Å². The first-order valence-corrected chi connectivity index (χ1v) is 5.49. The van der Waals surface area contributed by atoms with Crippen LogP contribution in [-0.2, 0) is 16.1 Å². The number of esters is 1. The Morgan fingerprint density at radius 2 is 2.31 bits per heavy atom. The normalized spacial score (nSPS) is 11.0. The van der Waals surface area contributed by atoms with E-state index in [1.165, 1.54) is 0 Å². The number of rotatable bonds is 4. The van der Waals surface area contributed by atoms with Gasteiger partial charge in [-0.3, -0.25) is 9.48 Å². The van der Waals surface area contributed by atoms with E-state index in [2.05, 4.69) is 5.10 Å². The summed E-state index contributed by atoms with van der Waals surface area (Å²) < 4.78 is 6.40. The summed E-state index contributed by atoms with van der Waals surface area (Å²) in [5.74, 6) is -0.309. The molecule has 0 saturated heterocycles. The minimum Gasteiger partial charge on any atom is -0.465 e. The van der Waals surface area contributed by atoms with Crippen molar-refractivity contribution >= 4 is 23.6 Å². The van der Waals surface area contributed by atoms with E-state index in [1.807, 2.05) is 19.9 Å². The number of nitrogens with zero attached hydrogens (tertiary/aromatic N) is 2. The Bertz CT molecular complexity index is 410. The summed E-state index contributed by atoms with van der Waals surface area (Å²) in [4.78, 5) is 11.3. The predicted molar refractivity (Wildman–Crippen MR) is 63.3 cm³/mol. The summed E-state index contributed by atoms with van der Waals surface area (Å²) in [6.45, 7) is 5.94. The van der Waals surface area contributed by atoms with Crippen molar-refractivity contribution < 1.29 is 9.53 Å². The third-order valence-corrected chi connectivity index (χ3v) is 2.53. The number of carbonyl (C=O) groups excluding carboxylic acids is 1. The number of hydrogen-bond acceptors (Lipinski definition) is 3. The smallest absolute Gasteiger partial charge is 0.327 e. The van der Waals surface area contributed by atoms with Gasteiger partial charge in [0.25, 0.3) is 0 Å². The van der Waals surface area contributed by atoms with Gasteiger partial charge in [0.1, 0.15) is 12.2 Å². The maximum absolute atomic E-state index is 11.3. The Balaban J connectivity index is 2.89. The second kappa shape index (κ2) is 5.70. The molecule has 1 aromatic heterocycles. The molecule has 0 aliphatic rings. The average molecular weight is 243 g/mol. The van der Waals surface area contributed by atoms with Crippen LogP contribution in [0.2, 0.25) is 5.02 Å². The zero-order chi connectivity index (χ0) is 12.1. The van der Waals surface area contributed by atoms with Crippen molar-refractivity contribution in [2.45, 2.75) is 27.3 Å². The highest BCUT2D eigenvalue weighted by atomic mass is 35.5. The van der Waals surface area contributed by atoms with Crippen molar-refractivity contribution in [3.8, 4) is 0 Å². The van der Waals surface area contributed by atoms with Crippen LogP contribution in [0, 0.1) is 6.92 Å². The van der Waals surface area contributed by atoms with Crippen molar-refractivity contribution in [3.05, 3.63) is 22.5 Å². The van der Waals surface area contributed by atoms with Crippen LogP contribution in [0.25, 0.3) is 6.08 Å². The highest BCUT2D eigenvalue weighted by Crippen LogP contribution is 2.21. The van der Waals surface area contributed by atoms with Gasteiger partial charge in [0, 0.05) is 0 Å². The first-order chi connectivity index (χ1) is 7.60. The molecular formula is C11H15ClN2O2. The molecule has 0 N–H and O–H groups in total. The second-order valence-corrected chi connectivity index (χ2v) is 3.63. The van der Waals surface area contributed by atoms with Crippen LogP contribution in [-0.4, -0.2) is 22.4 Å². The summed E-state index contributed by atoms with van der Waals surface area (Å²) in [5, 5.41) is 4.79. The fourth-order valence-electron chi connectivity index (χ4n) is 1.29. The van der Waals surface area contributed by atoms with Crippen molar-refractivity contribution in [1.82, 2.24) is 9.78 Å². The summed E-state index contributed by atoms with van der Waals surface area (Å²) in [7, 11) is 0. The highest BCUT2D eigenvalue weighted by Gasteiger charge is 2.13. The minimum absolute atomic E-state index is 0.0942. The molecule has 5 heteroatoms. The quantitative estimate of drug-likeness (QED) is 0.762. The molecule has 0 atom stereocenters. The number of allylic oxidation sites excluding steroid dienone is 1. The molecule has 0 aromatic carbocycles. The molecule has 0 radical (unpaired) electrons. The molecule has 0 unspecified atom stereocenters.